The molecule has 2 aromatic rings. The molecule has 1 aliphatic heterocycles. The second kappa shape index (κ2) is 6.06. The van der Waals surface area contributed by atoms with Crippen LogP contribution in [0.2, 0.25) is 0 Å². The Bertz CT molecular complexity index is 795. The van der Waals surface area contributed by atoms with Gasteiger partial charge in [0.05, 0.1) is 25.2 Å². The molecule has 0 N–H and O–H groups in total. The SMILES string of the molecule is CCn1cc2c(n1)CN(S(=O)(=O)c1cn(C)cn1)CC2COC. The number of hydrogen-bond donors (Lipinski definition) is 0. The van der Waals surface area contributed by atoms with Gasteiger partial charge in [-0.25, -0.2) is 13.4 Å². The molecule has 0 aliphatic carbocycles. The molecule has 0 saturated heterocycles. The minimum Gasteiger partial charge on any atom is -0.384 e. The number of ether oxygens (including phenoxy) is 1. The molecule has 0 saturated carbocycles. The molecule has 9 heteroatoms. The first kappa shape index (κ1) is 16.2. The van der Waals surface area contributed by atoms with Crippen molar-refractivity contribution in [3.8, 4) is 0 Å². The molecular weight excluding hydrogens is 318 g/mol. The number of methoxy groups -OCH3 is 1. The van der Waals surface area contributed by atoms with E-state index in [-0.39, 0.29) is 17.5 Å². The largest absolute Gasteiger partial charge is 0.384 e. The summed E-state index contributed by atoms with van der Waals surface area (Å²) in [4.78, 5) is 3.99. The zero-order valence-corrected chi connectivity index (χ0v) is 14.3. The third-order valence-corrected chi connectivity index (χ3v) is 5.74. The first-order valence-corrected chi connectivity index (χ1v) is 8.93. The normalized spacial score (nSPS) is 19.0. The van der Waals surface area contributed by atoms with Crippen LogP contribution in [0.3, 0.4) is 0 Å². The van der Waals surface area contributed by atoms with Crippen molar-refractivity contribution in [3.05, 3.63) is 30.0 Å². The van der Waals surface area contributed by atoms with Gasteiger partial charge in [0, 0.05) is 51.1 Å². The van der Waals surface area contributed by atoms with Crippen LogP contribution in [0, 0.1) is 0 Å². The molecule has 1 aliphatic rings. The Hall–Kier alpha value is -1.71. The lowest BCUT2D eigenvalue weighted by Crippen LogP contribution is -2.39. The summed E-state index contributed by atoms with van der Waals surface area (Å²) in [6, 6.07) is 0. The number of nitrogens with zero attached hydrogens (tertiary/aromatic N) is 5. The Morgan fingerprint density at radius 3 is 2.78 bits per heavy atom. The van der Waals surface area contributed by atoms with Crippen LogP contribution >= 0.6 is 0 Å². The number of aryl methyl sites for hydroxylation is 2. The molecule has 1 unspecified atom stereocenters. The van der Waals surface area contributed by atoms with Crippen molar-refractivity contribution in [3.63, 3.8) is 0 Å². The van der Waals surface area contributed by atoms with Crippen molar-refractivity contribution in [2.75, 3.05) is 20.3 Å². The van der Waals surface area contributed by atoms with Gasteiger partial charge < -0.3 is 9.30 Å². The summed E-state index contributed by atoms with van der Waals surface area (Å²) in [7, 11) is -0.268. The third-order valence-electron chi connectivity index (χ3n) is 4.04. The molecule has 23 heavy (non-hydrogen) atoms. The second-order valence-corrected chi connectivity index (χ2v) is 7.60. The van der Waals surface area contributed by atoms with E-state index in [0.717, 1.165) is 17.8 Å². The molecule has 1 atom stereocenters. The first-order valence-electron chi connectivity index (χ1n) is 7.49. The summed E-state index contributed by atoms with van der Waals surface area (Å²) in [5.41, 5.74) is 1.86. The molecule has 2 aromatic heterocycles. The maximum Gasteiger partial charge on any atom is 0.262 e. The maximum atomic E-state index is 12.8. The van der Waals surface area contributed by atoms with Crippen molar-refractivity contribution >= 4 is 10.0 Å². The third kappa shape index (κ3) is 2.91. The standard InChI is InChI=1S/C14H21N5O3S/c1-4-18-6-12-11(9-22-3)5-19(7-13(12)16-18)23(20,21)14-8-17(2)10-15-14/h6,8,10-11H,4-5,7,9H2,1-3H3. The summed E-state index contributed by atoms with van der Waals surface area (Å²) >= 11 is 0. The molecule has 0 fully saturated rings. The summed E-state index contributed by atoms with van der Waals surface area (Å²) in [5, 5.41) is 4.56. The Morgan fingerprint density at radius 1 is 1.39 bits per heavy atom. The minimum atomic E-state index is -3.64. The Morgan fingerprint density at radius 2 is 2.17 bits per heavy atom. The van der Waals surface area contributed by atoms with Crippen LogP contribution in [0.4, 0.5) is 0 Å². The van der Waals surface area contributed by atoms with Gasteiger partial charge in [-0.15, -0.1) is 0 Å². The summed E-state index contributed by atoms with van der Waals surface area (Å²) in [6.07, 6.45) is 4.99. The summed E-state index contributed by atoms with van der Waals surface area (Å²) in [5.74, 6) is -0.0254. The zero-order valence-electron chi connectivity index (χ0n) is 13.5. The molecule has 0 aromatic carbocycles. The van der Waals surface area contributed by atoms with E-state index in [1.54, 1.807) is 18.7 Å². The van der Waals surface area contributed by atoms with Crippen LogP contribution in [0.5, 0.6) is 0 Å². The number of rotatable bonds is 5. The monoisotopic (exact) mass is 339 g/mol. The van der Waals surface area contributed by atoms with Gasteiger partial charge in [0.25, 0.3) is 10.0 Å². The number of aromatic nitrogens is 4. The summed E-state index contributed by atoms with van der Waals surface area (Å²) in [6.45, 7) is 3.85. The highest BCUT2D eigenvalue weighted by atomic mass is 32.2. The highest BCUT2D eigenvalue weighted by molar-refractivity contribution is 7.89. The van der Waals surface area contributed by atoms with E-state index in [1.165, 1.54) is 16.8 Å². The Balaban J connectivity index is 1.96. The van der Waals surface area contributed by atoms with Crippen molar-refractivity contribution in [1.29, 1.82) is 0 Å². The molecule has 3 heterocycles. The van der Waals surface area contributed by atoms with Gasteiger partial charge in [-0.2, -0.15) is 9.40 Å². The minimum absolute atomic E-state index is 0.0254. The first-order chi connectivity index (χ1) is 11.0. The topological polar surface area (TPSA) is 82.3 Å². The lowest BCUT2D eigenvalue weighted by atomic mass is 9.97. The maximum absolute atomic E-state index is 12.8. The number of sulfonamides is 1. The van der Waals surface area contributed by atoms with E-state index in [1.807, 2.05) is 17.8 Å². The molecule has 3 rings (SSSR count). The quantitative estimate of drug-likeness (QED) is 0.795. The number of hydrogen-bond acceptors (Lipinski definition) is 5. The average molecular weight is 339 g/mol. The van der Waals surface area contributed by atoms with Gasteiger partial charge in [-0.1, -0.05) is 0 Å². The lowest BCUT2D eigenvalue weighted by Gasteiger charge is -2.30. The van der Waals surface area contributed by atoms with Crippen LogP contribution in [-0.4, -0.2) is 52.3 Å². The van der Waals surface area contributed by atoms with Gasteiger partial charge in [-0.3, -0.25) is 4.68 Å². The van der Waals surface area contributed by atoms with E-state index < -0.39 is 10.0 Å². The molecule has 0 amide bonds. The van der Waals surface area contributed by atoms with Crippen molar-refractivity contribution in [2.24, 2.45) is 7.05 Å². The van der Waals surface area contributed by atoms with Gasteiger partial charge >= 0.3 is 0 Å². The van der Waals surface area contributed by atoms with Crippen LogP contribution in [0.1, 0.15) is 24.1 Å². The molecule has 0 spiro atoms. The van der Waals surface area contributed by atoms with E-state index in [2.05, 4.69) is 10.1 Å². The van der Waals surface area contributed by atoms with Gasteiger partial charge in [0.2, 0.25) is 0 Å². The highest BCUT2D eigenvalue weighted by Crippen LogP contribution is 2.31. The fourth-order valence-electron chi connectivity index (χ4n) is 2.86. The van der Waals surface area contributed by atoms with Crippen LogP contribution in [0.15, 0.2) is 23.7 Å². The van der Waals surface area contributed by atoms with Crippen LogP contribution in [-0.2, 0) is 34.9 Å². The summed E-state index contributed by atoms with van der Waals surface area (Å²) < 4.78 is 35.8. The smallest absolute Gasteiger partial charge is 0.262 e. The van der Waals surface area contributed by atoms with Crippen molar-refractivity contribution in [1.82, 2.24) is 23.6 Å². The predicted octanol–water partition coefficient (Wildman–Crippen LogP) is 0.571. The second-order valence-electron chi connectivity index (χ2n) is 5.71. The predicted molar refractivity (Wildman–Crippen MR) is 83.3 cm³/mol. The van der Waals surface area contributed by atoms with E-state index in [9.17, 15) is 8.42 Å². The zero-order chi connectivity index (χ0) is 16.6. The molecule has 0 bridgehead atoms. The van der Waals surface area contributed by atoms with Crippen LogP contribution < -0.4 is 0 Å². The van der Waals surface area contributed by atoms with Gasteiger partial charge in [-0.05, 0) is 6.92 Å². The number of imidazole rings is 1. The van der Waals surface area contributed by atoms with Crippen molar-refractivity contribution < 1.29 is 13.2 Å². The van der Waals surface area contributed by atoms with Crippen molar-refractivity contribution in [2.45, 2.75) is 31.0 Å². The molecule has 0 radical (unpaired) electrons. The highest BCUT2D eigenvalue weighted by Gasteiger charge is 2.36. The number of fused-ring (bicyclic) bond motifs is 1. The molecule has 126 valence electrons. The molecular formula is C14H21N5O3S. The van der Waals surface area contributed by atoms with Crippen LogP contribution in [0.25, 0.3) is 0 Å². The van der Waals surface area contributed by atoms with Gasteiger partial charge in [0.1, 0.15) is 0 Å². The molecule has 8 nitrogen and oxygen atoms in total. The van der Waals surface area contributed by atoms with E-state index in [0.29, 0.717) is 13.2 Å². The van der Waals surface area contributed by atoms with E-state index in [4.69, 9.17) is 4.74 Å². The lowest BCUT2D eigenvalue weighted by molar-refractivity contribution is 0.162. The fraction of sp³-hybridized carbons (Fsp3) is 0.571. The Kier molecular flexibility index (Phi) is 4.26. The fourth-order valence-corrected chi connectivity index (χ4v) is 4.27. The van der Waals surface area contributed by atoms with E-state index >= 15 is 0 Å². The Labute approximate surface area is 135 Å². The average Bonchev–Trinajstić information content (AvgIpc) is 3.13. The van der Waals surface area contributed by atoms with Gasteiger partial charge in [0.15, 0.2) is 5.03 Å².